The summed E-state index contributed by atoms with van der Waals surface area (Å²) < 4.78 is 0. The molecule has 1 aromatic rings. The van der Waals surface area contributed by atoms with E-state index < -0.39 is 16.4 Å². The lowest BCUT2D eigenvalue weighted by molar-refractivity contribution is -0.124. The lowest BCUT2D eigenvalue weighted by atomic mass is 10.1. The number of fused-ring (bicyclic) bond motifs is 1. The summed E-state index contributed by atoms with van der Waals surface area (Å²) in [5, 5.41) is 3.21. The summed E-state index contributed by atoms with van der Waals surface area (Å²) in [4.78, 5) is 43.5. The summed E-state index contributed by atoms with van der Waals surface area (Å²) in [6.07, 6.45) is 0.359. The zero-order valence-corrected chi connectivity index (χ0v) is 13.7. The molecule has 21 heavy (non-hydrogen) atoms. The summed E-state index contributed by atoms with van der Waals surface area (Å²) in [6, 6.07) is 0. The van der Waals surface area contributed by atoms with Crippen molar-refractivity contribution in [3.63, 3.8) is 0 Å². The zero-order valence-electron chi connectivity index (χ0n) is 11.4. The maximum atomic E-state index is 11.3. The number of rotatable bonds is 3. The quantitative estimate of drug-likeness (QED) is 0.671. The second kappa shape index (κ2) is 7.68. The number of amides is 1. The molecule has 2 heterocycles. The Kier molecular flexibility index (Phi) is 6.51. The van der Waals surface area contributed by atoms with Crippen LogP contribution >= 0.6 is 34.5 Å². The largest absolute Gasteiger partial charge is 0.324 e. The monoisotopic (exact) mass is 349 g/mol. The van der Waals surface area contributed by atoms with E-state index in [0.717, 1.165) is 5.56 Å². The number of halogens is 2. The van der Waals surface area contributed by atoms with Gasteiger partial charge in [0.15, 0.2) is 5.78 Å². The van der Waals surface area contributed by atoms with Crippen molar-refractivity contribution in [2.75, 3.05) is 5.32 Å². The van der Waals surface area contributed by atoms with Crippen LogP contribution in [0.25, 0.3) is 0 Å². The van der Waals surface area contributed by atoms with Gasteiger partial charge in [0.05, 0.1) is 17.0 Å². The van der Waals surface area contributed by atoms with Crippen LogP contribution in [-0.2, 0) is 14.4 Å². The predicted molar refractivity (Wildman–Crippen MR) is 82.1 cm³/mol. The topological polar surface area (TPSA) is 80.3 Å². The van der Waals surface area contributed by atoms with Gasteiger partial charge >= 0.3 is 0 Å². The molecule has 0 atom stereocenters. The fraction of sp³-hybridized carbons (Fsp3) is 0.385. The average molecular weight is 350 g/mol. The van der Waals surface area contributed by atoms with Crippen LogP contribution in [0.5, 0.6) is 0 Å². The molecule has 114 valence electrons. The van der Waals surface area contributed by atoms with Crippen molar-refractivity contribution in [2.45, 2.75) is 26.7 Å². The van der Waals surface area contributed by atoms with Gasteiger partial charge in [-0.05, 0) is 47.5 Å². The molecule has 0 spiro atoms. The number of hydrogen-bond donors (Lipinski definition) is 1. The van der Waals surface area contributed by atoms with Crippen LogP contribution in [0.4, 0.5) is 5.69 Å². The molecule has 5 nitrogen and oxygen atoms in total. The highest BCUT2D eigenvalue weighted by Gasteiger charge is 2.25. The first kappa shape index (κ1) is 17.8. The molecule has 0 aliphatic carbocycles. The molecule has 0 radical (unpaired) electrons. The minimum absolute atomic E-state index is 0.00699. The van der Waals surface area contributed by atoms with E-state index in [1.165, 1.54) is 11.3 Å². The molecule has 0 unspecified atom stereocenters. The molecule has 1 N–H and O–H groups in total. The first-order valence-electron chi connectivity index (χ1n) is 6.07. The van der Waals surface area contributed by atoms with E-state index in [4.69, 9.17) is 23.2 Å². The van der Waals surface area contributed by atoms with Crippen LogP contribution in [0, 0.1) is 12.8 Å². The maximum absolute atomic E-state index is 11.3. The third kappa shape index (κ3) is 4.62. The SMILES string of the molecule is CCC(C(=O)Cl)C(=O)Cl.Cc1csc2c1NC(=O)CC2=O. The lowest BCUT2D eigenvalue weighted by Gasteiger charge is -2.11. The molecule has 0 bridgehead atoms. The highest BCUT2D eigenvalue weighted by Crippen LogP contribution is 2.31. The van der Waals surface area contributed by atoms with Crippen LogP contribution in [-0.4, -0.2) is 22.2 Å². The molecule has 1 aliphatic heterocycles. The Bertz CT molecular complexity index is 583. The molecule has 2 rings (SSSR count). The van der Waals surface area contributed by atoms with E-state index in [2.05, 4.69) is 5.32 Å². The molecular weight excluding hydrogens is 337 g/mol. The lowest BCUT2D eigenvalue weighted by Crippen LogP contribution is -2.22. The van der Waals surface area contributed by atoms with Crippen molar-refractivity contribution >= 4 is 62.4 Å². The molecule has 1 amide bonds. The van der Waals surface area contributed by atoms with Crippen LogP contribution in [0.1, 0.15) is 35.0 Å². The molecule has 1 aromatic heterocycles. The Balaban J connectivity index is 0.000000222. The number of anilines is 1. The Hall–Kier alpha value is -1.24. The fourth-order valence-electron chi connectivity index (χ4n) is 1.62. The highest BCUT2D eigenvalue weighted by molar-refractivity contribution is 7.13. The molecule has 1 aliphatic rings. The second-order valence-corrected chi connectivity index (χ2v) is 5.96. The van der Waals surface area contributed by atoms with Crippen molar-refractivity contribution in [3.05, 3.63) is 15.8 Å². The van der Waals surface area contributed by atoms with E-state index in [-0.39, 0.29) is 18.1 Å². The molecule has 0 saturated carbocycles. The van der Waals surface area contributed by atoms with E-state index in [1.807, 2.05) is 12.3 Å². The zero-order chi connectivity index (χ0) is 16.2. The van der Waals surface area contributed by atoms with Crippen molar-refractivity contribution in [1.29, 1.82) is 0 Å². The van der Waals surface area contributed by atoms with Gasteiger partial charge in [0.25, 0.3) is 0 Å². The summed E-state index contributed by atoms with van der Waals surface area (Å²) in [7, 11) is 0. The number of Topliss-reactive ketones (excluding diaryl/α,β-unsaturated/α-hetero) is 1. The number of thiophene rings is 1. The maximum Gasteiger partial charge on any atom is 0.233 e. The first-order valence-corrected chi connectivity index (χ1v) is 7.71. The van der Waals surface area contributed by atoms with Crippen molar-refractivity contribution in [1.82, 2.24) is 0 Å². The smallest absolute Gasteiger partial charge is 0.233 e. The van der Waals surface area contributed by atoms with Gasteiger partial charge in [0, 0.05) is 0 Å². The molecule has 0 saturated heterocycles. The number of hydrogen-bond acceptors (Lipinski definition) is 5. The van der Waals surface area contributed by atoms with Crippen LogP contribution in [0.3, 0.4) is 0 Å². The van der Waals surface area contributed by atoms with Crippen LogP contribution < -0.4 is 5.32 Å². The minimum atomic E-state index is -0.826. The van der Waals surface area contributed by atoms with Gasteiger partial charge in [-0.15, -0.1) is 11.3 Å². The molecular formula is C13H13Cl2NO4S. The molecule has 0 fully saturated rings. The van der Waals surface area contributed by atoms with Crippen molar-refractivity contribution < 1.29 is 19.2 Å². The van der Waals surface area contributed by atoms with Gasteiger partial charge in [0.2, 0.25) is 16.4 Å². The Morgan fingerprint density at radius 1 is 1.33 bits per heavy atom. The van der Waals surface area contributed by atoms with E-state index in [1.54, 1.807) is 6.92 Å². The predicted octanol–water partition coefficient (Wildman–Crippen LogP) is 3.12. The summed E-state index contributed by atoms with van der Waals surface area (Å²) in [5.74, 6) is -1.09. The molecule has 0 aromatic carbocycles. The van der Waals surface area contributed by atoms with Gasteiger partial charge in [0.1, 0.15) is 5.92 Å². The Morgan fingerprint density at radius 3 is 2.33 bits per heavy atom. The van der Waals surface area contributed by atoms with E-state index in [9.17, 15) is 19.2 Å². The van der Waals surface area contributed by atoms with Gasteiger partial charge < -0.3 is 5.32 Å². The molecule has 8 heteroatoms. The number of carbonyl (C=O) groups excluding carboxylic acids is 4. The van der Waals surface area contributed by atoms with Gasteiger partial charge in [-0.2, -0.15) is 0 Å². The van der Waals surface area contributed by atoms with Gasteiger partial charge in [-0.3, -0.25) is 19.2 Å². The number of carbonyl (C=O) groups is 4. The van der Waals surface area contributed by atoms with E-state index >= 15 is 0 Å². The number of ketones is 1. The highest BCUT2D eigenvalue weighted by atomic mass is 35.5. The third-order valence-corrected chi connectivity index (χ3v) is 4.44. The number of aryl methyl sites for hydroxylation is 1. The van der Waals surface area contributed by atoms with Gasteiger partial charge in [-0.1, -0.05) is 6.92 Å². The van der Waals surface area contributed by atoms with Crippen molar-refractivity contribution in [3.8, 4) is 0 Å². The first-order chi connectivity index (χ1) is 9.77. The normalized spacial score (nSPS) is 13.2. The van der Waals surface area contributed by atoms with Crippen LogP contribution in [0.15, 0.2) is 5.38 Å². The second-order valence-electron chi connectivity index (χ2n) is 4.34. The number of nitrogens with one attached hydrogen (secondary N) is 1. The standard InChI is InChI=1S/C8H7NO2S.C5H6Cl2O2/c1-4-3-12-8-5(10)2-6(11)9-7(4)8;1-2-3(4(6)8)5(7)9/h3H,2H2,1H3,(H,9,11);3H,2H2,1H3. The van der Waals surface area contributed by atoms with Crippen molar-refractivity contribution in [2.24, 2.45) is 5.92 Å². The van der Waals surface area contributed by atoms with Crippen LogP contribution in [0.2, 0.25) is 0 Å². The average Bonchev–Trinajstić information content (AvgIpc) is 2.72. The summed E-state index contributed by atoms with van der Waals surface area (Å²) in [5.41, 5.74) is 1.68. The van der Waals surface area contributed by atoms with E-state index in [0.29, 0.717) is 17.0 Å². The Morgan fingerprint density at radius 2 is 1.90 bits per heavy atom. The fourth-order valence-corrected chi connectivity index (χ4v) is 3.13. The summed E-state index contributed by atoms with van der Waals surface area (Å²) >= 11 is 11.4. The third-order valence-electron chi connectivity index (χ3n) is 2.77. The minimum Gasteiger partial charge on any atom is -0.324 e. The van der Waals surface area contributed by atoms with Gasteiger partial charge in [-0.25, -0.2) is 0 Å². The Labute approximate surface area is 135 Å². The summed E-state index contributed by atoms with van der Waals surface area (Å²) in [6.45, 7) is 3.56.